The number of aromatic nitrogens is 2. The van der Waals surface area contributed by atoms with E-state index in [2.05, 4.69) is 21.0 Å². The van der Waals surface area contributed by atoms with Crippen LogP contribution in [0, 0.1) is 18.6 Å². The summed E-state index contributed by atoms with van der Waals surface area (Å²) < 4.78 is 34.3. The second-order valence-corrected chi connectivity index (χ2v) is 4.60. The Morgan fingerprint density at radius 1 is 1.33 bits per heavy atom. The van der Waals surface area contributed by atoms with Gasteiger partial charge in [-0.05, 0) is 35.0 Å². The van der Waals surface area contributed by atoms with Crippen molar-refractivity contribution in [3.05, 3.63) is 45.7 Å². The molecule has 0 N–H and O–H groups in total. The smallest absolute Gasteiger partial charge is 0.191 e. The van der Waals surface area contributed by atoms with E-state index in [1.54, 1.807) is 11.7 Å². The number of ether oxygens (including phenoxy) is 1. The minimum Gasteiger partial charge on any atom is -0.481 e. The lowest BCUT2D eigenvalue weighted by molar-refractivity contribution is 0.264. The third-order valence-electron chi connectivity index (χ3n) is 2.53. The molecule has 0 saturated heterocycles. The second-order valence-electron chi connectivity index (χ2n) is 3.81. The van der Waals surface area contributed by atoms with Gasteiger partial charge in [-0.15, -0.1) is 0 Å². The van der Waals surface area contributed by atoms with Crippen LogP contribution in [-0.4, -0.2) is 9.78 Å². The van der Waals surface area contributed by atoms with E-state index in [4.69, 9.17) is 4.74 Å². The Labute approximate surface area is 112 Å². The number of nitrogens with zero attached hydrogens (tertiary/aromatic N) is 2. The summed E-state index contributed by atoms with van der Waals surface area (Å²) in [5, 5.41) is 4.17. The van der Waals surface area contributed by atoms with Crippen LogP contribution in [0.5, 0.6) is 5.75 Å². The average Bonchev–Trinajstić information content (AvgIpc) is 2.54. The van der Waals surface area contributed by atoms with E-state index in [0.717, 1.165) is 28.0 Å². The molecule has 1 aromatic heterocycles. The maximum Gasteiger partial charge on any atom is 0.191 e. The van der Waals surface area contributed by atoms with Crippen LogP contribution in [0.3, 0.4) is 0 Å². The van der Waals surface area contributed by atoms with Crippen molar-refractivity contribution < 1.29 is 13.5 Å². The molecule has 3 nitrogen and oxygen atoms in total. The molecule has 0 bridgehead atoms. The van der Waals surface area contributed by atoms with Gasteiger partial charge in [0, 0.05) is 7.05 Å². The van der Waals surface area contributed by atoms with Crippen LogP contribution in [0.2, 0.25) is 0 Å². The standard InChI is InChI=1S/C12H11BrF2N2O/c1-7-11(13)10(17(2)16-7)6-18-12-8(14)4-3-5-9(12)15/h3-5H,6H2,1-2H3. The van der Waals surface area contributed by atoms with Gasteiger partial charge in [-0.25, -0.2) is 8.78 Å². The molecule has 0 spiro atoms. The van der Waals surface area contributed by atoms with E-state index in [9.17, 15) is 8.78 Å². The molecule has 0 aliphatic heterocycles. The minimum atomic E-state index is -0.718. The predicted molar refractivity (Wildman–Crippen MR) is 66.3 cm³/mol. The number of halogens is 3. The predicted octanol–water partition coefficient (Wildman–Crippen LogP) is 3.35. The molecule has 1 aromatic carbocycles. The number of aryl methyl sites for hydroxylation is 2. The second kappa shape index (κ2) is 5.06. The summed E-state index contributed by atoms with van der Waals surface area (Å²) in [5.74, 6) is -1.81. The lowest BCUT2D eigenvalue weighted by Crippen LogP contribution is -2.05. The lowest BCUT2D eigenvalue weighted by atomic mass is 10.3. The molecule has 2 rings (SSSR count). The average molecular weight is 317 g/mol. The third kappa shape index (κ3) is 2.38. The van der Waals surface area contributed by atoms with E-state index in [-0.39, 0.29) is 12.4 Å². The molecule has 0 saturated carbocycles. The highest BCUT2D eigenvalue weighted by Crippen LogP contribution is 2.25. The van der Waals surface area contributed by atoms with E-state index in [0.29, 0.717) is 0 Å². The van der Waals surface area contributed by atoms with Crippen molar-refractivity contribution in [1.82, 2.24) is 9.78 Å². The van der Waals surface area contributed by atoms with E-state index >= 15 is 0 Å². The Bertz CT molecular complexity index is 563. The molecule has 2 aromatic rings. The van der Waals surface area contributed by atoms with Gasteiger partial charge in [0.05, 0.1) is 15.9 Å². The highest BCUT2D eigenvalue weighted by atomic mass is 79.9. The summed E-state index contributed by atoms with van der Waals surface area (Å²) in [4.78, 5) is 0. The molecule has 0 atom stereocenters. The summed E-state index contributed by atoms with van der Waals surface area (Å²) in [6.07, 6.45) is 0. The van der Waals surface area contributed by atoms with Gasteiger partial charge in [0.1, 0.15) is 6.61 Å². The van der Waals surface area contributed by atoms with Crippen molar-refractivity contribution >= 4 is 15.9 Å². The van der Waals surface area contributed by atoms with Crippen molar-refractivity contribution in [2.75, 3.05) is 0 Å². The minimum absolute atomic E-state index is 0.0375. The van der Waals surface area contributed by atoms with Crippen LogP contribution in [0.15, 0.2) is 22.7 Å². The van der Waals surface area contributed by atoms with Crippen LogP contribution >= 0.6 is 15.9 Å². The molecular weight excluding hydrogens is 306 g/mol. The molecule has 0 amide bonds. The Balaban J connectivity index is 2.22. The summed E-state index contributed by atoms with van der Waals surface area (Å²) in [7, 11) is 1.74. The van der Waals surface area contributed by atoms with Crippen molar-refractivity contribution in [2.24, 2.45) is 7.05 Å². The maximum absolute atomic E-state index is 13.4. The van der Waals surface area contributed by atoms with Crippen molar-refractivity contribution in [3.63, 3.8) is 0 Å². The molecule has 1 heterocycles. The molecular formula is C12H11BrF2N2O. The number of hydrogen-bond acceptors (Lipinski definition) is 2. The zero-order valence-electron chi connectivity index (χ0n) is 9.88. The third-order valence-corrected chi connectivity index (χ3v) is 3.57. The summed E-state index contributed by atoms with van der Waals surface area (Å²) in [6.45, 7) is 1.87. The SMILES string of the molecule is Cc1nn(C)c(COc2c(F)cccc2F)c1Br. The number of rotatable bonds is 3. The van der Waals surface area contributed by atoms with Gasteiger partial charge in [0.25, 0.3) is 0 Å². The van der Waals surface area contributed by atoms with Crippen molar-refractivity contribution in [3.8, 4) is 5.75 Å². The van der Waals surface area contributed by atoms with Crippen molar-refractivity contribution in [2.45, 2.75) is 13.5 Å². The molecule has 18 heavy (non-hydrogen) atoms. The molecule has 0 fully saturated rings. The topological polar surface area (TPSA) is 27.1 Å². The Kier molecular flexibility index (Phi) is 3.65. The quantitative estimate of drug-likeness (QED) is 0.868. The van der Waals surface area contributed by atoms with Gasteiger partial charge >= 0.3 is 0 Å². The zero-order chi connectivity index (χ0) is 13.3. The van der Waals surface area contributed by atoms with Gasteiger partial charge in [-0.1, -0.05) is 6.07 Å². The van der Waals surface area contributed by atoms with Gasteiger partial charge < -0.3 is 4.74 Å². The van der Waals surface area contributed by atoms with Crippen LogP contribution in [0.25, 0.3) is 0 Å². The first-order valence-electron chi connectivity index (χ1n) is 5.25. The summed E-state index contributed by atoms with van der Waals surface area (Å²) in [5.41, 5.74) is 1.51. The summed E-state index contributed by atoms with van der Waals surface area (Å²) in [6, 6.07) is 3.60. The number of para-hydroxylation sites is 1. The first kappa shape index (κ1) is 13.0. The fourth-order valence-corrected chi connectivity index (χ4v) is 2.05. The monoisotopic (exact) mass is 316 g/mol. The Morgan fingerprint density at radius 3 is 2.44 bits per heavy atom. The van der Waals surface area contributed by atoms with Gasteiger partial charge in [0.2, 0.25) is 0 Å². The highest BCUT2D eigenvalue weighted by molar-refractivity contribution is 9.10. The van der Waals surface area contributed by atoms with Gasteiger partial charge in [-0.3, -0.25) is 4.68 Å². The van der Waals surface area contributed by atoms with E-state index in [1.807, 2.05) is 6.92 Å². The lowest BCUT2D eigenvalue weighted by Gasteiger charge is -2.08. The first-order valence-corrected chi connectivity index (χ1v) is 6.04. The van der Waals surface area contributed by atoms with Gasteiger partial charge in [0.15, 0.2) is 17.4 Å². The molecule has 6 heteroatoms. The fourth-order valence-electron chi connectivity index (χ4n) is 1.60. The van der Waals surface area contributed by atoms with Crippen LogP contribution in [0.1, 0.15) is 11.4 Å². The molecule has 96 valence electrons. The number of hydrogen-bond donors (Lipinski definition) is 0. The number of benzene rings is 1. The zero-order valence-corrected chi connectivity index (χ0v) is 11.5. The molecule has 0 aliphatic carbocycles. The Hall–Kier alpha value is -1.43. The summed E-state index contributed by atoms with van der Waals surface area (Å²) >= 11 is 3.36. The molecule has 0 unspecified atom stereocenters. The largest absolute Gasteiger partial charge is 0.481 e. The Morgan fingerprint density at radius 2 is 1.94 bits per heavy atom. The van der Waals surface area contributed by atoms with Crippen LogP contribution in [-0.2, 0) is 13.7 Å². The van der Waals surface area contributed by atoms with E-state index in [1.165, 1.54) is 6.07 Å². The maximum atomic E-state index is 13.4. The van der Waals surface area contributed by atoms with Crippen LogP contribution in [0.4, 0.5) is 8.78 Å². The first-order chi connectivity index (χ1) is 8.50. The highest BCUT2D eigenvalue weighted by Gasteiger charge is 2.14. The normalized spacial score (nSPS) is 10.7. The van der Waals surface area contributed by atoms with E-state index < -0.39 is 11.6 Å². The molecule has 0 aliphatic rings. The van der Waals surface area contributed by atoms with Crippen molar-refractivity contribution in [1.29, 1.82) is 0 Å². The fraction of sp³-hybridized carbons (Fsp3) is 0.250. The molecule has 0 radical (unpaired) electrons. The van der Waals surface area contributed by atoms with Crippen LogP contribution < -0.4 is 4.74 Å². The van der Waals surface area contributed by atoms with Gasteiger partial charge in [-0.2, -0.15) is 5.10 Å².